The van der Waals surface area contributed by atoms with Gasteiger partial charge >= 0.3 is 0 Å². The Morgan fingerprint density at radius 2 is 2.44 bits per heavy atom. The lowest BCUT2D eigenvalue weighted by Crippen LogP contribution is -2.36. The lowest BCUT2D eigenvalue weighted by atomic mass is 10.1. The molecular weight excluding hydrogens is 292 g/mol. The molecule has 98 valence electrons. The van der Waals surface area contributed by atoms with Crippen LogP contribution >= 0.6 is 15.9 Å². The van der Waals surface area contributed by atoms with Crippen LogP contribution in [0.25, 0.3) is 0 Å². The number of amides is 1. The Labute approximate surface area is 117 Å². The second-order valence-electron chi connectivity index (χ2n) is 4.76. The minimum atomic E-state index is 0.151. The van der Waals surface area contributed by atoms with Crippen LogP contribution in [0.15, 0.2) is 18.3 Å². The van der Waals surface area contributed by atoms with Gasteiger partial charge in [-0.2, -0.15) is 0 Å². The maximum absolute atomic E-state index is 12.5. The Balaban J connectivity index is 2.10. The van der Waals surface area contributed by atoms with Gasteiger partial charge in [-0.25, -0.2) is 0 Å². The molecule has 0 N–H and O–H groups in total. The summed E-state index contributed by atoms with van der Waals surface area (Å²) in [6.45, 7) is 2.79. The van der Waals surface area contributed by atoms with E-state index in [1.807, 2.05) is 24.0 Å². The van der Waals surface area contributed by atoms with Gasteiger partial charge in [0.25, 0.3) is 5.91 Å². The van der Waals surface area contributed by atoms with E-state index in [1.165, 1.54) is 0 Å². The van der Waals surface area contributed by atoms with Gasteiger partial charge in [0.1, 0.15) is 0 Å². The third-order valence-corrected chi connectivity index (χ3v) is 4.11. The lowest BCUT2D eigenvalue weighted by molar-refractivity contribution is 0.0729. The standard InChI is InChI=1S/C14H19BrN2O/c1-11-13(7-3-9-16-11)14(18)17-10-4-6-12(17)5-2-8-15/h3,7,9,12H,2,4-6,8,10H2,1H3. The van der Waals surface area contributed by atoms with E-state index in [0.29, 0.717) is 6.04 Å². The highest BCUT2D eigenvalue weighted by Gasteiger charge is 2.29. The number of carbonyl (C=O) groups excluding carboxylic acids is 1. The first-order valence-corrected chi connectivity index (χ1v) is 7.64. The van der Waals surface area contributed by atoms with Gasteiger partial charge in [-0.1, -0.05) is 15.9 Å². The molecule has 1 aromatic rings. The minimum absolute atomic E-state index is 0.151. The van der Waals surface area contributed by atoms with Crippen molar-refractivity contribution >= 4 is 21.8 Å². The number of carbonyl (C=O) groups is 1. The molecule has 1 aromatic heterocycles. The summed E-state index contributed by atoms with van der Waals surface area (Å²) in [4.78, 5) is 18.8. The van der Waals surface area contributed by atoms with Crippen LogP contribution in [-0.2, 0) is 0 Å². The molecular formula is C14H19BrN2O. The number of hydrogen-bond donors (Lipinski definition) is 0. The summed E-state index contributed by atoms with van der Waals surface area (Å²) in [6.07, 6.45) is 6.21. The molecule has 1 aliphatic heterocycles. The molecule has 0 aliphatic carbocycles. The predicted molar refractivity (Wildman–Crippen MR) is 76.1 cm³/mol. The first-order valence-electron chi connectivity index (χ1n) is 6.52. The van der Waals surface area contributed by atoms with Gasteiger partial charge < -0.3 is 4.90 Å². The number of rotatable bonds is 4. The fourth-order valence-corrected chi connectivity index (χ4v) is 2.90. The van der Waals surface area contributed by atoms with Crippen LogP contribution in [0.4, 0.5) is 0 Å². The summed E-state index contributed by atoms with van der Waals surface area (Å²) in [7, 11) is 0. The maximum Gasteiger partial charge on any atom is 0.255 e. The van der Waals surface area contributed by atoms with Crippen LogP contribution in [0.1, 0.15) is 41.7 Å². The van der Waals surface area contributed by atoms with Crippen LogP contribution in [0, 0.1) is 6.92 Å². The highest BCUT2D eigenvalue weighted by Crippen LogP contribution is 2.24. The van der Waals surface area contributed by atoms with E-state index in [1.54, 1.807) is 6.20 Å². The SMILES string of the molecule is Cc1ncccc1C(=O)N1CCCC1CCCBr. The van der Waals surface area contributed by atoms with Gasteiger partial charge in [0.2, 0.25) is 0 Å². The van der Waals surface area contributed by atoms with Crippen LogP contribution in [0.5, 0.6) is 0 Å². The molecule has 0 saturated carbocycles. The summed E-state index contributed by atoms with van der Waals surface area (Å²) >= 11 is 3.46. The van der Waals surface area contributed by atoms with E-state index in [4.69, 9.17) is 0 Å². The van der Waals surface area contributed by atoms with Crippen LogP contribution < -0.4 is 0 Å². The van der Waals surface area contributed by atoms with Gasteiger partial charge in [0.15, 0.2) is 0 Å². The second-order valence-corrected chi connectivity index (χ2v) is 5.56. The molecule has 1 unspecified atom stereocenters. The zero-order valence-electron chi connectivity index (χ0n) is 10.7. The molecule has 1 fully saturated rings. The Kier molecular flexibility index (Phi) is 4.75. The molecule has 18 heavy (non-hydrogen) atoms. The predicted octanol–water partition coefficient (Wildman–Crippen LogP) is 3.17. The van der Waals surface area contributed by atoms with Crippen molar-refractivity contribution in [2.75, 3.05) is 11.9 Å². The summed E-state index contributed by atoms with van der Waals surface area (Å²) in [5, 5.41) is 1.01. The maximum atomic E-state index is 12.5. The molecule has 0 radical (unpaired) electrons. The van der Waals surface area contributed by atoms with Crippen molar-refractivity contribution in [1.82, 2.24) is 9.88 Å². The van der Waals surface area contributed by atoms with E-state index >= 15 is 0 Å². The zero-order valence-corrected chi connectivity index (χ0v) is 12.3. The fourth-order valence-electron chi connectivity index (χ4n) is 2.58. The number of aryl methyl sites for hydroxylation is 1. The third-order valence-electron chi connectivity index (χ3n) is 3.55. The Morgan fingerprint density at radius 1 is 1.61 bits per heavy atom. The first-order chi connectivity index (χ1) is 8.74. The van der Waals surface area contributed by atoms with E-state index in [0.717, 1.165) is 48.8 Å². The van der Waals surface area contributed by atoms with Crippen molar-refractivity contribution < 1.29 is 4.79 Å². The number of hydrogen-bond acceptors (Lipinski definition) is 2. The molecule has 1 atom stereocenters. The molecule has 0 spiro atoms. The van der Waals surface area contributed by atoms with Gasteiger partial charge in [0.05, 0.1) is 5.56 Å². The van der Waals surface area contributed by atoms with E-state index in [9.17, 15) is 4.79 Å². The number of aromatic nitrogens is 1. The van der Waals surface area contributed by atoms with Crippen LogP contribution in [-0.4, -0.2) is 33.7 Å². The van der Waals surface area contributed by atoms with Crippen molar-refractivity contribution in [2.45, 2.75) is 38.6 Å². The van der Waals surface area contributed by atoms with Crippen molar-refractivity contribution in [3.05, 3.63) is 29.6 Å². The monoisotopic (exact) mass is 310 g/mol. The average Bonchev–Trinajstić information content (AvgIpc) is 2.84. The van der Waals surface area contributed by atoms with E-state index in [-0.39, 0.29) is 5.91 Å². The molecule has 0 bridgehead atoms. The normalized spacial score (nSPS) is 19.2. The largest absolute Gasteiger partial charge is 0.336 e. The molecule has 1 aliphatic rings. The Bertz CT molecular complexity index is 422. The van der Waals surface area contributed by atoms with Crippen molar-refractivity contribution in [3.8, 4) is 0 Å². The highest BCUT2D eigenvalue weighted by molar-refractivity contribution is 9.09. The van der Waals surface area contributed by atoms with Crippen molar-refractivity contribution in [2.24, 2.45) is 0 Å². The fraction of sp³-hybridized carbons (Fsp3) is 0.571. The quantitative estimate of drug-likeness (QED) is 0.800. The minimum Gasteiger partial charge on any atom is -0.336 e. The van der Waals surface area contributed by atoms with Crippen LogP contribution in [0.2, 0.25) is 0 Å². The zero-order chi connectivity index (χ0) is 13.0. The van der Waals surface area contributed by atoms with Gasteiger partial charge in [-0.05, 0) is 44.7 Å². The highest BCUT2D eigenvalue weighted by atomic mass is 79.9. The molecule has 2 rings (SSSR count). The number of nitrogens with zero attached hydrogens (tertiary/aromatic N) is 2. The number of likely N-dealkylation sites (tertiary alicyclic amines) is 1. The van der Waals surface area contributed by atoms with E-state index < -0.39 is 0 Å². The lowest BCUT2D eigenvalue weighted by Gasteiger charge is -2.25. The molecule has 2 heterocycles. The number of alkyl halides is 1. The molecule has 1 amide bonds. The Morgan fingerprint density at radius 3 is 3.17 bits per heavy atom. The molecule has 4 heteroatoms. The Hall–Kier alpha value is -0.900. The number of halogens is 1. The molecule has 3 nitrogen and oxygen atoms in total. The van der Waals surface area contributed by atoms with E-state index in [2.05, 4.69) is 20.9 Å². The first kappa shape index (κ1) is 13.5. The number of pyridine rings is 1. The van der Waals surface area contributed by atoms with Gasteiger partial charge in [-0.15, -0.1) is 0 Å². The van der Waals surface area contributed by atoms with Gasteiger partial charge in [-0.3, -0.25) is 9.78 Å². The summed E-state index contributed by atoms with van der Waals surface area (Å²) in [5.41, 5.74) is 1.58. The molecule has 0 aromatic carbocycles. The topological polar surface area (TPSA) is 33.2 Å². The smallest absolute Gasteiger partial charge is 0.255 e. The summed E-state index contributed by atoms with van der Waals surface area (Å²) in [6, 6.07) is 4.13. The summed E-state index contributed by atoms with van der Waals surface area (Å²) < 4.78 is 0. The van der Waals surface area contributed by atoms with Crippen LogP contribution in [0.3, 0.4) is 0 Å². The van der Waals surface area contributed by atoms with Gasteiger partial charge in [0, 0.05) is 29.8 Å². The summed E-state index contributed by atoms with van der Waals surface area (Å²) in [5.74, 6) is 0.151. The molecule has 1 saturated heterocycles. The van der Waals surface area contributed by atoms with Crippen molar-refractivity contribution in [1.29, 1.82) is 0 Å². The third kappa shape index (κ3) is 2.91. The average molecular weight is 311 g/mol. The second kappa shape index (κ2) is 6.32. The van der Waals surface area contributed by atoms with Crippen molar-refractivity contribution in [3.63, 3.8) is 0 Å².